The van der Waals surface area contributed by atoms with Gasteiger partial charge in [-0.2, -0.15) is 0 Å². The lowest BCUT2D eigenvalue weighted by Crippen LogP contribution is -2.54. The first-order chi connectivity index (χ1) is 8.07. The van der Waals surface area contributed by atoms with Crippen LogP contribution in [0.1, 0.15) is 27.2 Å². The number of ether oxygens (including phenoxy) is 2. The summed E-state index contributed by atoms with van der Waals surface area (Å²) in [6, 6.07) is 0. The van der Waals surface area contributed by atoms with Crippen LogP contribution in [0.15, 0.2) is 11.1 Å². The first kappa shape index (κ1) is 14.4. The average Bonchev–Trinajstić information content (AvgIpc) is 2.38. The Morgan fingerprint density at radius 1 is 1.18 bits per heavy atom. The summed E-state index contributed by atoms with van der Waals surface area (Å²) in [5, 5.41) is 0. The molecular weight excluding hydrogens is 218 g/mol. The lowest BCUT2D eigenvalue weighted by atomic mass is 9.79. The molecule has 0 N–H and O–H groups in total. The molecule has 0 atom stereocenters. The number of nitrogens with zero attached hydrogens (tertiary/aromatic N) is 1. The number of hydrogen-bond donors (Lipinski definition) is 0. The third-order valence-corrected chi connectivity index (χ3v) is 3.64. The van der Waals surface area contributed by atoms with Gasteiger partial charge >= 0.3 is 0 Å². The molecule has 0 aromatic heterocycles. The van der Waals surface area contributed by atoms with Gasteiger partial charge in [0.1, 0.15) is 0 Å². The summed E-state index contributed by atoms with van der Waals surface area (Å²) in [6.07, 6.45) is 0.820. The second kappa shape index (κ2) is 5.76. The maximum absolute atomic E-state index is 11.8. The Balaban J connectivity index is 2.73. The molecule has 4 heteroatoms. The Morgan fingerprint density at radius 3 is 2.12 bits per heavy atom. The zero-order valence-electron chi connectivity index (χ0n) is 11.5. The Hall–Kier alpha value is -0.710. The fourth-order valence-corrected chi connectivity index (χ4v) is 2.38. The number of methoxy groups -OCH3 is 2. The van der Waals surface area contributed by atoms with Crippen molar-refractivity contribution in [3.63, 3.8) is 0 Å². The lowest BCUT2D eigenvalue weighted by Gasteiger charge is -2.41. The highest BCUT2D eigenvalue weighted by molar-refractivity contribution is 6.10. The molecule has 0 bridgehead atoms. The summed E-state index contributed by atoms with van der Waals surface area (Å²) in [4.78, 5) is 14.1. The van der Waals surface area contributed by atoms with Gasteiger partial charge in [-0.15, -0.1) is 0 Å². The van der Waals surface area contributed by atoms with E-state index in [-0.39, 0.29) is 5.78 Å². The van der Waals surface area contributed by atoms with Gasteiger partial charge in [-0.3, -0.25) is 4.79 Å². The van der Waals surface area contributed by atoms with E-state index in [1.165, 1.54) is 14.2 Å². The molecule has 0 saturated heterocycles. The molecule has 0 amide bonds. The molecule has 1 aliphatic carbocycles. The predicted octanol–water partition coefficient (Wildman–Crippen LogP) is 1.61. The highest BCUT2D eigenvalue weighted by Crippen LogP contribution is 2.40. The van der Waals surface area contributed by atoms with Gasteiger partial charge < -0.3 is 14.4 Å². The summed E-state index contributed by atoms with van der Waals surface area (Å²) in [6.45, 7) is 9.08. The molecule has 0 aliphatic heterocycles. The Kier molecular flexibility index (Phi) is 4.86. The summed E-state index contributed by atoms with van der Waals surface area (Å²) in [5.41, 5.74) is 1.78. The normalized spacial score (nSPS) is 18.8. The molecule has 1 aliphatic rings. The van der Waals surface area contributed by atoms with Gasteiger partial charge in [-0.25, -0.2) is 0 Å². The molecule has 17 heavy (non-hydrogen) atoms. The first-order valence-corrected chi connectivity index (χ1v) is 6.15. The number of Topliss-reactive ketones (excluding diaryl/α,β-unsaturated/α-hetero) is 1. The Bertz CT molecular complexity index is 315. The number of hydrogen-bond acceptors (Lipinski definition) is 4. The second-order valence-corrected chi connectivity index (χ2v) is 4.23. The van der Waals surface area contributed by atoms with Crippen LogP contribution in [-0.2, 0) is 14.3 Å². The topological polar surface area (TPSA) is 38.8 Å². The maximum Gasteiger partial charge on any atom is 0.257 e. The molecule has 98 valence electrons. The van der Waals surface area contributed by atoms with Crippen molar-refractivity contribution in [2.24, 2.45) is 0 Å². The molecule has 0 spiro atoms. The largest absolute Gasteiger partial charge is 0.343 e. The van der Waals surface area contributed by atoms with E-state index in [1.54, 1.807) is 0 Å². The number of rotatable bonds is 7. The van der Waals surface area contributed by atoms with E-state index in [9.17, 15) is 4.79 Å². The van der Waals surface area contributed by atoms with E-state index in [0.29, 0.717) is 0 Å². The van der Waals surface area contributed by atoms with E-state index in [0.717, 1.165) is 37.2 Å². The number of carbonyl (C=O) groups is 1. The van der Waals surface area contributed by atoms with Gasteiger partial charge in [0.15, 0.2) is 0 Å². The van der Waals surface area contributed by atoms with Crippen molar-refractivity contribution >= 4 is 5.78 Å². The van der Waals surface area contributed by atoms with Crippen LogP contribution in [-0.4, -0.2) is 50.3 Å². The molecule has 4 nitrogen and oxygen atoms in total. The molecular formula is C13H23NO3. The molecule has 0 heterocycles. The van der Waals surface area contributed by atoms with E-state index in [1.807, 2.05) is 6.92 Å². The number of ketones is 1. The minimum absolute atomic E-state index is 0.0444. The van der Waals surface area contributed by atoms with Crippen LogP contribution in [0.25, 0.3) is 0 Å². The average molecular weight is 241 g/mol. The smallest absolute Gasteiger partial charge is 0.257 e. The van der Waals surface area contributed by atoms with Gasteiger partial charge in [0, 0.05) is 31.9 Å². The second-order valence-electron chi connectivity index (χ2n) is 4.23. The van der Waals surface area contributed by atoms with Crippen molar-refractivity contribution in [1.82, 2.24) is 4.90 Å². The van der Waals surface area contributed by atoms with E-state index in [4.69, 9.17) is 9.47 Å². The van der Waals surface area contributed by atoms with Crippen LogP contribution in [0.2, 0.25) is 0 Å². The summed E-state index contributed by atoms with van der Waals surface area (Å²) < 4.78 is 10.5. The minimum atomic E-state index is -1.10. The third-order valence-electron chi connectivity index (χ3n) is 3.64. The summed E-state index contributed by atoms with van der Waals surface area (Å²) >= 11 is 0. The molecule has 0 saturated carbocycles. The van der Waals surface area contributed by atoms with Gasteiger partial charge in [0.2, 0.25) is 5.78 Å². The standard InChI is InChI=1S/C13H23NO3/c1-6-14(7-2)9-8-11-10(3)12(15)13(11,16-4)17-5/h6-9H2,1-5H3. The van der Waals surface area contributed by atoms with Crippen LogP contribution in [0.3, 0.4) is 0 Å². The molecule has 0 aromatic rings. The van der Waals surface area contributed by atoms with Crippen molar-refractivity contribution in [1.29, 1.82) is 0 Å². The predicted molar refractivity (Wildman–Crippen MR) is 66.9 cm³/mol. The first-order valence-electron chi connectivity index (χ1n) is 6.15. The van der Waals surface area contributed by atoms with E-state index < -0.39 is 5.79 Å². The van der Waals surface area contributed by atoms with Crippen molar-refractivity contribution in [3.05, 3.63) is 11.1 Å². The Labute approximate surface area is 104 Å². The Morgan fingerprint density at radius 2 is 1.71 bits per heavy atom. The van der Waals surface area contributed by atoms with Crippen LogP contribution in [0.5, 0.6) is 0 Å². The van der Waals surface area contributed by atoms with Crippen molar-refractivity contribution in [2.45, 2.75) is 33.0 Å². The third kappa shape index (κ3) is 2.30. The molecule has 0 fully saturated rings. The van der Waals surface area contributed by atoms with Gasteiger partial charge in [-0.05, 0) is 26.4 Å². The number of carbonyl (C=O) groups excluding carboxylic acids is 1. The highest BCUT2D eigenvalue weighted by Gasteiger charge is 2.52. The quantitative estimate of drug-likeness (QED) is 0.635. The highest BCUT2D eigenvalue weighted by atomic mass is 16.7. The van der Waals surface area contributed by atoms with Gasteiger partial charge in [-0.1, -0.05) is 13.8 Å². The van der Waals surface area contributed by atoms with Crippen LogP contribution in [0.4, 0.5) is 0 Å². The fourth-order valence-electron chi connectivity index (χ4n) is 2.38. The van der Waals surface area contributed by atoms with Crippen molar-refractivity contribution in [2.75, 3.05) is 33.9 Å². The monoisotopic (exact) mass is 241 g/mol. The molecule has 0 radical (unpaired) electrons. The van der Waals surface area contributed by atoms with E-state index >= 15 is 0 Å². The van der Waals surface area contributed by atoms with Crippen molar-refractivity contribution < 1.29 is 14.3 Å². The summed E-state index contributed by atoms with van der Waals surface area (Å²) in [7, 11) is 3.04. The van der Waals surface area contributed by atoms with Crippen LogP contribution >= 0.6 is 0 Å². The minimum Gasteiger partial charge on any atom is -0.343 e. The maximum atomic E-state index is 11.8. The van der Waals surface area contributed by atoms with E-state index in [2.05, 4.69) is 18.7 Å². The van der Waals surface area contributed by atoms with Crippen LogP contribution < -0.4 is 0 Å². The zero-order valence-corrected chi connectivity index (χ0v) is 11.5. The zero-order chi connectivity index (χ0) is 13.1. The molecule has 0 unspecified atom stereocenters. The summed E-state index contributed by atoms with van der Waals surface area (Å²) in [5.74, 6) is -1.14. The SMILES string of the molecule is CCN(CC)CCC1=C(C)C(=O)C1(OC)OC. The lowest BCUT2D eigenvalue weighted by molar-refractivity contribution is -0.196. The fraction of sp³-hybridized carbons (Fsp3) is 0.769. The van der Waals surface area contributed by atoms with Gasteiger partial charge in [0.05, 0.1) is 0 Å². The van der Waals surface area contributed by atoms with Crippen LogP contribution in [0, 0.1) is 0 Å². The molecule has 0 aromatic carbocycles. The molecule has 1 rings (SSSR count). The van der Waals surface area contributed by atoms with Crippen molar-refractivity contribution in [3.8, 4) is 0 Å². The van der Waals surface area contributed by atoms with Gasteiger partial charge in [0.25, 0.3) is 5.79 Å².